The fourth-order valence-corrected chi connectivity index (χ4v) is 4.70. The van der Waals surface area contributed by atoms with E-state index in [4.69, 9.17) is 32.7 Å². The Bertz CT molecular complexity index is 1280. The van der Waals surface area contributed by atoms with Gasteiger partial charge in [0.1, 0.15) is 23.5 Å². The van der Waals surface area contributed by atoms with Crippen LogP contribution in [-0.2, 0) is 4.74 Å². The minimum absolute atomic E-state index is 0.109. The number of piperidine rings is 1. The van der Waals surface area contributed by atoms with Crippen molar-refractivity contribution in [1.82, 2.24) is 14.9 Å². The third-order valence-corrected chi connectivity index (χ3v) is 7.16. The van der Waals surface area contributed by atoms with E-state index in [-0.39, 0.29) is 15.7 Å². The highest BCUT2D eigenvalue weighted by atomic mass is 35.5. The highest BCUT2D eigenvalue weighted by Gasteiger charge is 2.47. The van der Waals surface area contributed by atoms with Crippen molar-refractivity contribution in [2.24, 2.45) is 0 Å². The lowest BCUT2D eigenvalue weighted by molar-refractivity contribution is 0.00678. The summed E-state index contributed by atoms with van der Waals surface area (Å²) < 4.78 is 26.1. The number of amides is 1. The Labute approximate surface area is 205 Å². The smallest absolute Gasteiger partial charge is 0.415 e. The number of methoxy groups -OCH3 is 1. The van der Waals surface area contributed by atoms with Crippen LogP contribution in [0.1, 0.15) is 12.8 Å². The third kappa shape index (κ3) is 3.97. The maximum absolute atomic E-state index is 14.7. The number of ether oxygens (including phenoxy) is 2. The topological polar surface area (TPSA) is 79.8 Å². The summed E-state index contributed by atoms with van der Waals surface area (Å²) in [5.74, 6) is 0.120. The molecule has 3 heterocycles. The molecular weight excluding hydrogens is 484 g/mol. The molecule has 0 radical (unpaired) electrons. The Kier molecular flexibility index (Phi) is 5.87. The summed E-state index contributed by atoms with van der Waals surface area (Å²) in [7, 11) is 3.59. The number of anilines is 3. The number of benzene rings is 2. The summed E-state index contributed by atoms with van der Waals surface area (Å²) in [5.41, 5.74) is 0.669. The van der Waals surface area contributed by atoms with Crippen molar-refractivity contribution in [3.05, 3.63) is 46.5 Å². The van der Waals surface area contributed by atoms with Crippen molar-refractivity contribution in [1.29, 1.82) is 0 Å². The molecule has 34 heavy (non-hydrogen) atoms. The van der Waals surface area contributed by atoms with Crippen LogP contribution in [0.15, 0.2) is 30.6 Å². The molecule has 2 saturated heterocycles. The average Bonchev–Trinajstić information content (AvgIpc) is 3.16. The van der Waals surface area contributed by atoms with E-state index < -0.39 is 17.5 Å². The molecular formula is C23H22Cl2FN5O3. The van der Waals surface area contributed by atoms with E-state index >= 15 is 0 Å². The fourth-order valence-electron chi connectivity index (χ4n) is 4.39. The first kappa shape index (κ1) is 22.9. The molecule has 2 aliphatic rings. The maximum Gasteiger partial charge on any atom is 0.415 e. The van der Waals surface area contributed by atoms with Gasteiger partial charge in [-0.05, 0) is 25.2 Å². The van der Waals surface area contributed by atoms with E-state index in [2.05, 4.69) is 27.2 Å². The summed E-state index contributed by atoms with van der Waals surface area (Å²) in [6.45, 7) is 2.12. The van der Waals surface area contributed by atoms with E-state index in [1.54, 1.807) is 17.0 Å². The van der Waals surface area contributed by atoms with Gasteiger partial charge in [-0.2, -0.15) is 0 Å². The number of rotatable bonds is 4. The van der Waals surface area contributed by atoms with Crippen molar-refractivity contribution in [3.63, 3.8) is 0 Å². The number of fused-ring (bicyclic) bond motifs is 1. The molecule has 0 saturated carbocycles. The van der Waals surface area contributed by atoms with E-state index in [1.165, 1.54) is 25.6 Å². The van der Waals surface area contributed by atoms with Crippen LogP contribution in [0.3, 0.4) is 0 Å². The predicted molar refractivity (Wildman–Crippen MR) is 129 cm³/mol. The molecule has 0 unspecified atom stereocenters. The molecule has 11 heteroatoms. The summed E-state index contributed by atoms with van der Waals surface area (Å²) in [6, 6.07) is 6.44. The number of likely N-dealkylation sites (tertiary alicyclic amines) is 1. The number of hydrogen-bond donors (Lipinski definition) is 1. The first-order valence-corrected chi connectivity index (χ1v) is 11.5. The van der Waals surface area contributed by atoms with Gasteiger partial charge in [0.25, 0.3) is 0 Å². The summed E-state index contributed by atoms with van der Waals surface area (Å²) in [5, 5.41) is 3.46. The van der Waals surface area contributed by atoms with Crippen LogP contribution in [0.4, 0.5) is 26.4 Å². The van der Waals surface area contributed by atoms with Crippen LogP contribution < -0.4 is 15.0 Å². The lowest BCUT2D eigenvalue weighted by Crippen LogP contribution is -2.45. The lowest BCUT2D eigenvalue weighted by Gasteiger charge is -2.35. The standard InChI is InChI=1S/C23H22Cl2FN5O3/c1-30-7-5-23(6-8-30)11-31(22(32)34-23)17-9-13-16(10-18(17)33-2)27-12-28-21(13)29-15-4-3-14(24)19(25)20(15)26/h3-4,9-10,12H,5-8,11H2,1-2H3,(H,27,28,29). The number of carbonyl (C=O) groups excluding carboxylic acids is 1. The quantitative estimate of drug-likeness (QED) is 0.485. The second-order valence-electron chi connectivity index (χ2n) is 8.55. The Hall–Kier alpha value is -2.88. The largest absolute Gasteiger partial charge is 0.494 e. The number of carbonyl (C=O) groups is 1. The van der Waals surface area contributed by atoms with Crippen molar-refractivity contribution >= 4 is 57.4 Å². The number of hydrogen-bond acceptors (Lipinski definition) is 7. The van der Waals surface area contributed by atoms with Gasteiger partial charge in [0, 0.05) is 37.4 Å². The molecule has 8 nitrogen and oxygen atoms in total. The molecule has 5 rings (SSSR count). The van der Waals surface area contributed by atoms with Crippen LogP contribution in [0, 0.1) is 5.82 Å². The molecule has 0 bridgehead atoms. The first-order valence-electron chi connectivity index (χ1n) is 10.7. The monoisotopic (exact) mass is 505 g/mol. The van der Waals surface area contributed by atoms with Crippen LogP contribution in [-0.4, -0.2) is 60.4 Å². The van der Waals surface area contributed by atoms with E-state index in [9.17, 15) is 9.18 Å². The zero-order valence-corrected chi connectivity index (χ0v) is 20.1. The molecule has 1 aromatic heterocycles. The molecule has 178 valence electrons. The Morgan fingerprint density at radius 3 is 2.71 bits per heavy atom. The van der Waals surface area contributed by atoms with Gasteiger partial charge < -0.3 is 19.7 Å². The van der Waals surface area contributed by atoms with Crippen LogP contribution >= 0.6 is 23.2 Å². The Balaban J connectivity index is 1.55. The zero-order valence-electron chi connectivity index (χ0n) is 18.6. The van der Waals surface area contributed by atoms with Crippen molar-refractivity contribution in [3.8, 4) is 5.75 Å². The van der Waals surface area contributed by atoms with Gasteiger partial charge in [0.2, 0.25) is 0 Å². The van der Waals surface area contributed by atoms with Gasteiger partial charge in [0.05, 0.1) is 40.6 Å². The van der Waals surface area contributed by atoms with E-state index in [0.29, 0.717) is 34.7 Å². The molecule has 3 aromatic rings. The minimum Gasteiger partial charge on any atom is -0.494 e. The Morgan fingerprint density at radius 1 is 1.21 bits per heavy atom. The number of halogens is 3. The summed E-state index contributed by atoms with van der Waals surface area (Å²) >= 11 is 11.9. The number of nitrogens with one attached hydrogen (secondary N) is 1. The number of nitrogens with zero attached hydrogens (tertiary/aromatic N) is 4. The van der Waals surface area contributed by atoms with Crippen molar-refractivity contribution in [2.45, 2.75) is 18.4 Å². The second kappa shape index (κ2) is 8.72. The van der Waals surface area contributed by atoms with E-state index in [1.807, 2.05) is 0 Å². The van der Waals surface area contributed by atoms with Gasteiger partial charge in [-0.15, -0.1) is 0 Å². The Morgan fingerprint density at radius 2 is 1.97 bits per heavy atom. The predicted octanol–water partition coefficient (Wildman–Crippen LogP) is 5.25. The average molecular weight is 506 g/mol. The highest BCUT2D eigenvalue weighted by Crippen LogP contribution is 2.41. The summed E-state index contributed by atoms with van der Waals surface area (Å²) in [4.78, 5) is 25.3. The van der Waals surface area contributed by atoms with Gasteiger partial charge in [-0.3, -0.25) is 4.90 Å². The second-order valence-corrected chi connectivity index (χ2v) is 9.34. The van der Waals surface area contributed by atoms with Crippen molar-refractivity contribution < 1.29 is 18.7 Å². The normalized spacial score (nSPS) is 17.9. The van der Waals surface area contributed by atoms with E-state index in [0.717, 1.165) is 25.9 Å². The van der Waals surface area contributed by atoms with Crippen molar-refractivity contribution in [2.75, 3.05) is 44.0 Å². The molecule has 1 spiro atoms. The maximum atomic E-state index is 14.7. The molecule has 2 fully saturated rings. The third-order valence-electron chi connectivity index (χ3n) is 6.38. The highest BCUT2D eigenvalue weighted by molar-refractivity contribution is 6.42. The van der Waals surface area contributed by atoms with Crippen LogP contribution in [0.25, 0.3) is 10.9 Å². The van der Waals surface area contributed by atoms with Crippen LogP contribution in [0.5, 0.6) is 5.75 Å². The SMILES string of the molecule is COc1cc2ncnc(Nc3ccc(Cl)c(Cl)c3F)c2cc1N1CC2(CCN(C)CC2)OC1=O. The van der Waals surface area contributed by atoms with Gasteiger partial charge >= 0.3 is 6.09 Å². The minimum atomic E-state index is -0.693. The first-order chi connectivity index (χ1) is 16.3. The molecule has 1 N–H and O–H groups in total. The number of aromatic nitrogens is 2. The molecule has 0 atom stereocenters. The van der Waals surface area contributed by atoms with Crippen LogP contribution in [0.2, 0.25) is 10.0 Å². The molecule has 0 aliphatic carbocycles. The molecule has 2 aliphatic heterocycles. The van der Waals surface area contributed by atoms with Gasteiger partial charge in [-0.1, -0.05) is 23.2 Å². The fraction of sp³-hybridized carbons (Fsp3) is 0.348. The summed E-state index contributed by atoms with van der Waals surface area (Å²) in [6.07, 6.45) is 2.45. The molecule has 1 amide bonds. The zero-order chi connectivity index (χ0) is 24.0. The lowest BCUT2D eigenvalue weighted by atomic mass is 9.91. The van der Waals surface area contributed by atoms with Gasteiger partial charge in [0.15, 0.2) is 5.82 Å². The molecule has 2 aromatic carbocycles. The van der Waals surface area contributed by atoms with Gasteiger partial charge in [-0.25, -0.2) is 19.2 Å².